The van der Waals surface area contributed by atoms with E-state index >= 15 is 0 Å². The third-order valence-corrected chi connectivity index (χ3v) is 5.29. The van der Waals surface area contributed by atoms with Gasteiger partial charge in [-0.3, -0.25) is 0 Å². The van der Waals surface area contributed by atoms with Crippen LogP contribution >= 0.6 is 15.9 Å². The molecule has 7 heteroatoms. The number of rotatable bonds is 7. The standard InChI is InChI=1S/C14H22BrFN2O2S/c1-5-14(2,3)9-18-21(19,20)12-7-11(15)6-10(8-17-4)13(12)16/h6-7,17-18H,5,8-9H2,1-4H3. The Hall–Kier alpha value is -0.500. The van der Waals surface area contributed by atoms with Crippen molar-refractivity contribution in [2.24, 2.45) is 5.41 Å². The van der Waals surface area contributed by atoms with Gasteiger partial charge in [0.25, 0.3) is 0 Å². The Bertz CT molecular complexity index is 603. The van der Waals surface area contributed by atoms with Crippen LogP contribution in [-0.2, 0) is 16.6 Å². The van der Waals surface area contributed by atoms with Gasteiger partial charge in [0.15, 0.2) is 0 Å². The second kappa shape index (κ2) is 7.17. The molecule has 120 valence electrons. The summed E-state index contributed by atoms with van der Waals surface area (Å²) in [4.78, 5) is -0.325. The fourth-order valence-electron chi connectivity index (χ4n) is 1.63. The molecule has 0 spiro atoms. The summed E-state index contributed by atoms with van der Waals surface area (Å²) in [5, 5.41) is 2.82. The Morgan fingerprint density at radius 3 is 2.48 bits per heavy atom. The Morgan fingerprint density at radius 2 is 1.95 bits per heavy atom. The zero-order valence-corrected chi connectivity index (χ0v) is 15.2. The van der Waals surface area contributed by atoms with E-state index in [2.05, 4.69) is 26.0 Å². The molecule has 0 aliphatic heterocycles. The topological polar surface area (TPSA) is 58.2 Å². The molecule has 0 heterocycles. The summed E-state index contributed by atoms with van der Waals surface area (Å²) in [6.45, 7) is 6.42. The monoisotopic (exact) mass is 380 g/mol. The van der Waals surface area contributed by atoms with Crippen molar-refractivity contribution in [3.05, 3.63) is 28.0 Å². The molecule has 0 saturated heterocycles. The van der Waals surface area contributed by atoms with E-state index in [-0.39, 0.29) is 23.4 Å². The van der Waals surface area contributed by atoms with Gasteiger partial charge in [0.2, 0.25) is 10.0 Å². The minimum Gasteiger partial charge on any atom is -0.316 e. The molecule has 4 nitrogen and oxygen atoms in total. The first-order chi connectivity index (χ1) is 9.63. The third kappa shape index (κ3) is 5.02. The lowest BCUT2D eigenvalue weighted by atomic mass is 9.91. The van der Waals surface area contributed by atoms with Crippen molar-refractivity contribution in [1.29, 1.82) is 0 Å². The summed E-state index contributed by atoms with van der Waals surface area (Å²) >= 11 is 3.23. The Morgan fingerprint density at radius 1 is 1.33 bits per heavy atom. The third-order valence-electron chi connectivity index (χ3n) is 3.43. The molecule has 0 atom stereocenters. The SMILES string of the molecule is CCC(C)(C)CNS(=O)(=O)c1cc(Br)cc(CNC)c1F. The van der Waals surface area contributed by atoms with Crippen molar-refractivity contribution in [1.82, 2.24) is 10.0 Å². The molecular formula is C14H22BrFN2O2S. The minimum atomic E-state index is -3.88. The summed E-state index contributed by atoms with van der Waals surface area (Å²) < 4.78 is 42.0. The number of hydrogen-bond acceptors (Lipinski definition) is 3. The summed E-state index contributed by atoms with van der Waals surface area (Å²) in [5.74, 6) is -0.714. The van der Waals surface area contributed by atoms with E-state index in [4.69, 9.17) is 0 Å². The van der Waals surface area contributed by atoms with Gasteiger partial charge in [-0.15, -0.1) is 0 Å². The molecule has 1 rings (SSSR count). The zero-order chi connectivity index (χ0) is 16.3. The molecule has 0 radical (unpaired) electrons. The number of hydrogen-bond donors (Lipinski definition) is 2. The molecule has 0 amide bonds. The summed E-state index contributed by atoms with van der Waals surface area (Å²) in [6.07, 6.45) is 0.821. The molecule has 0 unspecified atom stereocenters. The largest absolute Gasteiger partial charge is 0.316 e. The van der Waals surface area contributed by atoms with Crippen molar-refractivity contribution in [3.63, 3.8) is 0 Å². The van der Waals surface area contributed by atoms with E-state index in [1.165, 1.54) is 6.07 Å². The maximum Gasteiger partial charge on any atom is 0.243 e. The number of halogens is 2. The normalized spacial score (nSPS) is 12.7. The van der Waals surface area contributed by atoms with Gasteiger partial charge < -0.3 is 5.32 Å². The summed E-state index contributed by atoms with van der Waals surface area (Å²) in [7, 11) is -2.20. The Labute approximate surface area is 134 Å². The van der Waals surface area contributed by atoms with Gasteiger partial charge >= 0.3 is 0 Å². The van der Waals surface area contributed by atoms with Crippen molar-refractivity contribution in [2.45, 2.75) is 38.6 Å². The van der Waals surface area contributed by atoms with Gasteiger partial charge in [-0.1, -0.05) is 36.7 Å². The maximum absolute atomic E-state index is 14.4. The number of sulfonamides is 1. The Balaban J connectivity index is 3.14. The van der Waals surface area contributed by atoms with Crippen molar-refractivity contribution in [3.8, 4) is 0 Å². The van der Waals surface area contributed by atoms with Gasteiger partial charge in [-0.25, -0.2) is 17.5 Å². The fourth-order valence-corrected chi connectivity index (χ4v) is 3.67. The highest BCUT2D eigenvalue weighted by Crippen LogP contribution is 2.25. The van der Waals surface area contributed by atoms with E-state index in [0.29, 0.717) is 10.0 Å². The summed E-state index contributed by atoms with van der Waals surface area (Å²) in [5.41, 5.74) is 0.130. The van der Waals surface area contributed by atoms with Gasteiger partial charge in [-0.2, -0.15) is 0 Å². The predicted octanol–water partition coefficient (Wildman–Crippen LogP) is 3.02. The molecule has 0 aliphatic carbocycles. The highest BCUT2D eigenvalue weighted by Gasteiger charge is 2.25. The molecule has 1 aromatic rings. The van der Waals surface area contributed by atoms with Crippen LogP contribution in [-0.4, -0.2) is 22.0 Å². The van der Waals surface area contributed by atoms with Crippen molar-refractivity contribution in [2.75, 3.05) is 13.6 Å². The molecule has 0 saturated carbocycles. The van der Waals surface area contributed by atoms with E-state index in [9.17, 15) is 12.8 Å². The predicted molar refractivity (Wildman–Crippen MR) is 86.1 cm³/mol. The van der Waals surface area contributed by atoms with Crippen molar-refractivity contribution < 1.29 is 12.8 Å². The lowest BCUT2D eigenvalue weighted by Crippen LogP contribution is -2.34. The minimum absolute atomic E-state index is 0.177. The summed E-state index contributed by atoms with van der Waals surface area (Å²) in [6, 6.07) is 2.86. The van der Waals surface area contributed by atoms with E-state index in [0.717, 1.165) is 6.42 Å². The van der Waals surface area contributed by atoms with Gasteiger partial charge in [0.1, 0.15) is 10.7 Å². The fraction of sp³-hybridized carbons (Fsp3) is 0.571. The van der Waals surface area contributed by atoms with E-state index < -0.39 is 15.8 Å². The van der Waals surface area contributed by atoms with Crippen LogP contribution in [0.2, 0.25) is 0 Å². The van der Waals surface area contributed by atoms with Crippen LogP contribution in [0.1, 0.15) is 32.8 Å². The van der Waals surface area contributed by atoms with Crippen LogP contribution in [0.3, 0.4) is 0 Å². The molecule has 21 heavy (non-hydrogen) atoms. The molecule has 1 aromatic carbocycles. The second-order valence-corrected chi connectivity index (χ2v) is 8.40. The van der Waals surface area contributed by atoms with Gasteiger partial charge in [-0.05, 0) is 31.0 Å². The first-order valence-corrected chi connectivity index (χ1v) is 9.03. The molecule has 0 aromatic heterocycles. The molecule has 0 bridgehead atoms. The van der Waals surface area contributed by atoms with Gasteiger partial charge in [0.05, 0.1) is 0 Å². The van der Waals surface area contributed by atoms with Crippen LogP contribution in [0, 0.1) is 11.2 Å². The number of benzene rings is 1. The average molecular weight is 381 g/mol. The van der Waals surface area contributed by atoms with Crippen LogP contribution < -0.4 is 10.0 Å². The van der Waals surface area contributed by atoms with Crippen molar-refractivity contribution >= 4 is 26.0 Å². The van der Waals surface area contributed by atoms with E-state index in [1.807, 2.05) is 20.8 Å². The zero-order valence-electron chi connectivity index (χ0n) is 12.8. The van der Waals surface area contributed by atoms with Crippen LogP contribution in [0.25, 0.3) is 0 Å². The van der Waals surface area contributed by atoms with Crippen LogP contribution in [0.15, 0.2) is 21.5 Å². The smallest absolute Gasteiger partial charge is 0.243 e. The molecule has 0 aliphatic rings. The highest BCUT2D eigenvalue weighted by atomic mass is 79.9. The Kier molecular flexibility index (Phi) is 6.34. The quantitative estimate of drug-likeness (QED) is 0.764. The molecule has 2 N–H and O–H groups in total. The lowest BCUT2D eigenvalue weighted by molar-refractivity contribution is 0.350. The highest BCUT2D eigenvalue weighted by molar-refractivity contribution is 9.10. The maximum atomic E-state index is 14.4. The van der Waals surface area contributed by atoms with Gasteiger partial charge in [0, 0.05) is 23.1 Å². The molecule has 0 fully saturated rings. The second-order valence-electron chi connectivity index (χ2n) is 5.75. The van der Waals surface area contributed by atoms with Crippen LogP contribution in [0.4, 0.5) is 4.39 Å². The van der Waals surface area contributed by atoms with E-state index in [1.54, 1.807) is 13.1 Å². The average Bonchev–Trinajstić information content (AvgIpc) is 2.41. The first-order valence-electron chi connectivity index (χ1n) is 6.75. The number of nitrogens with one attached hydrogen (secondary N) is 2. The van der Waals surface area contributed by atoms with Crippen LogP contribution in [0.5, 0.6) is 0 Å². The lowest BCUT2D eigenvalue weighted by Gasteiger charge is -2.23. The molecular weight excluding hydrogens is 359 g/mol. The first kappa shape index (κ1) is 18.5.